The van der Waals surface area contributed by atoms with Gasteiger partial charge in [-0.1, -0.05) is 23.8 Å². The second-order valence-corrected chi connectivity index (χ2v) is 3.07. The van der Waals surface area contributed by atoms with Crippen LogP contribution in [0, 0.1) is 0 Å². The number of allylic oxidation sites excluding steroid dienone is 5. The van der Waals surface area contributed by atoms with E-state index in [1.165, 1.54) is 22.3 Å². The fourth-order valence-corrected chi connectivity index (χ4v) is 1.15. The molecule has 0 atom stereocenters. The van der Waals surface area contributed by atoms with E-state index >= 15 is 0 Å². The molecular formula is C10H14. The first-order chi connectivity index (χ1) is 4.61. The van der Waals surface area contributed by atoms with Crippen LogP contribution >= 0.6 is 0 Å². The van der Waals surface area contributed by atoms with Gasteiger partial charge in [0, 0.05) is 0 Å². The Balaban J connectivity index is 2.99. The Hall–Kier alpha value is -0.780. The van der Waals surface area contributed by atoms with Crippen molar-refractivity contribution < 1.29 is 0 Å². The highest BCUT2D eigenvalue weighted by Gasteiger charge is 2.06. The van der Waals surface area contributed by atoms with Gasteiger partial charge in [-0.25, -0.2) is 0 Å². The summed E-state index contributed by atoms with van der Waals surface area (Å²) in [5, 5.41) is 0. The second kappa shape index (κ2) is 2.45. The minimum atomic E-state index is 1.06. The zero-order valence-corrected chi connectivity index (χ0v) is 6.99. The van der Waals surface area contributed by atoms with E-state index in [4.69, 9.17) is 0 Å². The maximum Gasteiger partial charge on any atom is -0.00674 e. The lowest BCUT2D eigenvalue weighted by molar-refractivity contribution is 1.06. The van der Waals surface area contributed by atoms with Crippen LogP contribution in [0.15, 0.2) is 34.9 Å². The van der Waals surface area contributed by atoms with Crippen LogP contribution < -0.4 is 0 Å². The van der Waals surface area contributed by atoms with Crippen molar-refractivity contribution in [1.82, 2.24) is 0 Å². The summed E-state index contributed by atoms with van der Waals surface area (Å²) < 4.78 is 0. The summed E-state index contributed by atoms with van der Waals surface area (Å²) in [5.41, 5.74) is 5.46. The molecule has 0 heterocycles. The van der Waals surface area contributed by atoms with Gasteiger partial charge in [0.25, 0.3) is 0 Å². The van der Waals surface area contributed by atoms with Crippen LogP contribution in [0.5, 0.6) is 0 Å². The van der Waals surface area contributed by atoms with E-state index in [-0.39, 0.29) is 0 Å². The predicted molar refractivity (Wildman–Crippen MR) is 45.9 cm³/mol. The number of rotatable bonds is 0. The van der Waals surface area contributed by atoms with Gasteiger partial charge in [0.15, 0.2) is 0 Å². The maximum atomic E-state index is 3.98. The van der Waals surface area contributed by atoms with Crippen molar-refractivity contribution in [3.63, 3.8) is 0 Å². The number of hydrogen-bond acceptors (Lipinski definition) is 0. The number of hydrogen-bond donors (Lipinski definition) is 0. The molecular weight excluding hydrogens is 120 g/mol. The zero-order chi connectivity index (χ0) is 7.72. The first-order valence-electron chi connectivity index (χ1n) is 3.64. The Morgan fingerprint density at radius 2 is 1.90 bits per heavy atom. The molecule has 0 radical (unpaired) electrons. The lowest BCUT2D eigenvalue weighted by Gasteiger charge is -2.14. The molecule has 0 saturated heterocycles. The van der Waals surface area contributed by atoms with Crippen LogP contribution in [-0.2, 0) is 0 Å². The average Bonchev–Trinajstić information content (AvgIpc) is 1.84. The van der Waals surface area contributed by atoms with Crippen LogP contribution in [0.2, 0.25) is 0 Å². The molecule has 0 saturated carbocycles. The molecule has 0 aromatic rings. The van der Waals surface area contributed by atoms with Crippen molar-refractivity contribution in [2.75, 3.05) is 0 Å². The van der Waals surface area contributed by atoms with Crippen LogP contribution in [0.25, 0.3) is 0 Å². The molecule has 0 spiro atoms. The minimum Gasteiger partial charge on any atom is -0.0952 e. The van der Waals surface area contributed by atoms with E-state index in [0.717, 1.165) is 6.42 Å². The van der Waals surface area contributed by atoms with Gasteiger partial charge < -0.3 is 0 Å². The van der Waals surface area contributed by atoms with Gasteiger partial charge in [-0.15, -0.1) is 0 Å². The van der Waals surface area contributed by atoms with Crippen molar-refractivity contribution in [3.05, 3.63) is 34.9 Å². The van der Waals surface area contributed by atoms with Gasteiger partial charge in [-0.2, -0.15) is 0 Å². The van der Waals surface area contributed by atoms with Crippen LogP contribution in [0.1, 0.15) is 27.2 Å². The molecule has 1 aliphatic rings. The first kappa shape index (κ1) is 7.33. The molecule has 0 nitrogen and oxygen atoms in total. The highest BCUT2D eigenvalue weighted by atomic mass is 14.1. The van der Waals surface area contributed by atoms with E-state index in [0.29, 0.717) is 0 Å². The van der Waals surface area contributed by atoms with Crippen LogP contribution in [0.3, 0.4) is 0 Å². The summed E-state index contributed by atoms with van der Waals surface area (Å²) in [6.07, 6.45) is 3.27. The van der Waals surface area contributed by atoms with Crippen molar-refractivity contribution >= 4 is 0 Å². The smallest absolute Gasteiger partial charge is 0.00674 e. The summed E-state index contributed by atoms with van der Waals surface area (Å²) >= 11 is 0. The van der Waals surface area contributed by atoms with Gasteiger partial charge in [0.2, 0.25) is 0 Å². The summed E-state index contributed by atoms with van der Waals surface area (Å²) in [7, 11) is 0. The van der Waals surface area contributed by atoms with Crippen LogP contribution in [-0.4, -0.2) is 0 Å². The highest BCUT2D eigenvalue weighted by Crippen LogP contribution is 2.26. The largest absolute Gasteiger partial charge is 0.0952 e. The van der Waals surface area contributed by atoms with Gasteiger partial charge in [-0.05, 0) is 38.3 Å². The van der Waals surface area contributed by atoms with Gasteiger partial charge in [-0.3, -0.25) is 0 Å². The molecule has 0 aliphatic heterocycles. The Morgan fingerprint density at radius 1 is 1.30 bits per heavy atom. The Bertz CT molecular complexity index is 226. The topological polar surface area (TPSA) is 0 Å². The van der Waals surface area contributed by atoms with Crippen molar-refractivity contribution in [3.8, 4) is 0 Å². The standard InChI is InChI=1S/C10H14/c1-7-5-9(3)10(4)6-8(7)2/h6H,1,5H2,2-4H3. The molecule has 0 N–H and O–H groups in total. The van der Waals surface area contributed by atoms with E-state index in [1.54, 1.807) is 0 Å². The maximum absolute atomic E-state index is 3.98. The molecule has 0 unspecified atom stereocenters. The normalized spacial score (nSPS) is 19.5. The Labute approximate surface area is 62.9 Å². The summed E-state index contributed by atoms with van der Waals surface area (Å²) in [5.74, 6) is 0. The van der Waals surface area contributed by atoms with Gasteiger partial charge >= 0.3 is 0 Å². The van der Waals surface area contributed by atoms with Gasteiger partial charge in [0.1, 0.15) is 0 Å². The molecule has 0 fully saturated rings. The SMILES string of the molecule is C=C1CC(C)=C(C)C=C1C. The summed E-state index contributed by atoms with van der Waals surface area (Å²) in [6, 6.07) is 0. The lowest BCUT2D eigenvalue weighted by atomic mass is 9.91. The third-order valence-corrected chi connectivity index (χ3v) is 2.14. The molecule has 0 bridgehead atoms. The van der Waals surface area contributed by atoms with E-state index < -0.39 is 0 Å². The molecule has 0 aromatic carbocycles. The molecule has 1 rings (SSSR count). The molecule has 54 valence electrons. The Morgan fingerprint density at radius 3 is 2.40 bits per heavy atom. The van der Waals surface area contributed by atoms with Crippen molar-refractivity contribution in [2.45, 2.75) is 27.2 Å². The zero-order valence-electron chi connectivity index (χ0n) is 6.99. The summed E-state index contributed by atoms with van der Waals surface area (Å²) in [6.45, 7) is 10.4. The fraction of sp³-hybridized carbons (Fsp3) is 0.400. The summed E-state index contributed by atoms with van der Waals surface area (Å²) in [4.78, 5) is 0. The average molecular weight is 134 g/mol. The minimum absolute atomic E-state index is 1.06. The monoisotopic (exact) mass is 134 g/mol. The van der Waals surface area contributed by atoms with Crippen LogP contribution in [0.4, 0.5) is 0 Å². The quantitative estimate of drug-likeness (QED) is 0.477. The first-order valence-corrected chi connectivity index (χ1v) is 3.64. The lowest BCUT2D eigenvalue weighted by Crippen LogP contribution is -1.94. The Kier molecular flexibility index (Phi) is 1.80. The molecule has 0 aromatic heterocycles. The van der Waals surface area contributed by atoms with E-state index in [1.807, 2.05) is 0 Å². The fourth-order valence-electron chi connectivity index (χ4n) is 1.15. The predicted octanol–water partition coefficient (Wildman–Crippen LogP) is 3.23. The van der Waals surface area contributed by atoms with Crippen molar-refractivity contribution in [1.29, 1.82) is 0 Å². The molecule has 1 aliphatic carbocycles. The third-order valence-electron chi connectivity index (χ3n) is 2.14. The highest BCUT2D eigenvalue weighted by molar-refractivity contribution is 5.43. The van der Waals surface area contributed by atoms with Crippen molar-refractivity contribution in [2.24, 2.45) is 0 Å². The molecule has 10 heavy (non-hydrogen) atoms. The third kappa shape index (κ3) is 1.21. The molecule has 0 heteroatoms. The molecule has 0 amide bonds. The van der Waals surface area contributed by atoms with Gasteiger partial charge in [0.05, 0.1) is 0 Å². The van der Waals surface area contributed by atoms with E-state index in [9.17, 15) is 0 Å². The van der Waals surface area contributed by atoms with E-state index in [2.05, 4.69) is 33.4 Å². The second-order valence-electron chi connectivity index (χ2n) is 3.07.